The molecule has 112 valence electrons. The molecule has 0 radical (unpaired) electrons. The lowest BCUT2D eigenvalue weighted by Gasteiger charge is -2.15. The zero-order chi connectivity index (χ0) is 15.9. The molecule has 0 fully saturated rings. The maximum Gasteiger partial charge on any atom is 0.418 e. The number of phenolic OH excluding ortho intramolecular Hbond substituents is 1. The Labute approximate surface area is 124 Å². The number of benzene rings is 2. The molecule has 2 nitrogen and oxygen atoms in total. The van der Waals surface area contributed by atoms with Crippen LogP contribution in [0.15, 0.2) is 48.7 Å². The maximum atomic E-state index is 13.1. The Balaban J connectivity index is 2.41. The maximum absolute atomic E-state index is 13.1. The van der Waals surface area contributed by atoms with Gasteiger partial charge in [-0.2, -0.15) is 13.2 Å². The van der Waals surface area contributed by atoms with Gasteiger partial charge in [0.1, 0.15) is 5.75 Å². The summed E-state index contributed by atoms with van der Waals surface area (Å²) >= 11 is 0. The lowest BCUT2D eigenvalue weighted by Crippen LogP contribution is -2.07. The third-order valence-electron chi connectivity index (χ3n) is 3.57. The van der Waals surface area contributed by atoms with Gasteiger partial charge >= 0.3 is 6.18 Å². The van der Waals surface area contributed by atoms with Crippen LogP contribution in [-0.4, -0.2) is 10.1 Å². The van der Waals surface area contributed by atoms with Crippen LogP contribution in [0.1, 0.15) is 11.1 Å². The second-order valence-corrected chi connectivity index (χ2v) is 5.03. The second-order valence-electron chi connectivity index (χ2n) is 5.03. The molecule has 0 unspecified atom stereocenters. The first kappa shape index (κ1) is 14.4. The van der Waals surface area contributed by atoms with Crippen molar-refractivity contribution in [3.05, 3.63) is 59.8 Å². The Morgan fingerprint density at radius 1 is 1.00 bits per heavy atom. The van der Waals surface area contributed by atoms with Gasteiger partial charge in [0.05, 0.1) is 11.1 Å². The van der Waals surface area contributed by atoms with E-state index in [1.807, 2.05) is 0 Å². The van der Waals surface area contributed by atoms with Gasteiger partial charge in [-0.15, -0.1) is 0 Å². The number of alkyl halides is 3. The zero-order valence-corrected chi connectivity index (χ0v) is 11.6. The molecule has 0 amide bonds. The molecule has 3 aromatic rings. The van der Waals surface area contributed by atoms with Crippen molar-refractivity contribution in [3.63, 3.8) is 0 Å². The van der Waals surface area contributed by atoms with Crippen molar-refractivity contribution < 1.29 is 18.3 Å². The first-order valence-corrected chi connectivity index (χ1v) is 6.63. The molecule has 0 bridgehead atoms. The highest BCUT2D eigenvalue weighted by Crippen LogP contribution is 2.40. The summed E-state index contributed by atoms with van der Waals surface area (Å²) in [4.78, 5) is 3.96. The number of fused-ring (bicyclic) bond motifs is 1. The van der Waals surface area contributed by atoms with Crippen LogP contribution in [-0.2, 0) is 6.18 Å². The van der Waals surface area contributed by atoms with Crippen LogP contribution < -0.4 is 0 Å². The molecule has 0 aliphatic carbocycles. The lowest BCUT2D eigenvalue weighted by atomic mass is 9.95. The normalized spacial score (nSPS) is 11.8. The van der Waals surface area contributed by atoms with Crippen molar-refractivity contribution in [1.29, 1.82) is 0 Å². The summed E-state index contributed by atoms with van der Waals surface area (Å²) in [6.07, 6.45) is -3.07. The van der Waals surface area contributed by atoms with E-state index < -0.39 is 11.7 Å². The first-order chi connectivity index (χ1) is 10.4. The van der Waals surface area contributed by atoms with Gasteiger partial charge in [0, 0.05) is 17.1 Å². The van der Waals surface area contributed by atoms with Gasteiger partial charge in [-0.3, -0.25) is 4.98 Å². The molecular weight excluding hydrogens is 291 g/mol. The third-order valence-corrected chi connectivity index (χ3v) is 3.57. The molecule has 1 N–H and O–H groups in total. The molecule has 5 heteroatoms. The van der Waals surface area contributed by atoms with Crippen LogP contribution in [0.25, 0.3) is 22.0 Å². The van der Waals surface area contributed by atoms with Gasteiger partial charge in [0.25, 0.3) is 0 Å². The van der Waals surface area contributed by atoms with Gasteiger partial charge in [-0.05, 0) is 30.2 Å². The lowest BCUT2D eigenvalue weighted by molar-refractivity contribution is -0.136. The number of nitrogens with zero attached hydrogens (tertiary/aromatic N) is 1. The summed E-state index contributed by atoms with van der Waals surface area (Å²) in [7, 11) is 0. The van der Waals surface area contributed by atoms with Crippen molar-refractivity contribution in [2.45, 2.75) is 13.1 Å². The molecule has 0 aliphatic rings. The fourth-order valence-electron chi connectivity index (χ4n) is 2.59. The summed E-state index contributed by atoms with van der Waals surface area (Å²) in [6.45, 7) is 1.76. The molecule has 1 aromatic heterocycles. The van der Waals surface area contributed by atoms with Gasteiger partial charge in [0.15, 0.2) is 0 Å². The van der Waals surface area contributed by atoms with Gasteiger partial charge in [-0.25, -0.2) is 0 Å². The van der Waals surface area contributed by atoms with E-state index in [9.17, 15) is 18.3 Å². The van der Waals surface area contributed by atoms with E-state index in [1.54, 1.807) is 31.2 Å². The molecule has 3 rings (SSSR count). The first-order valence-electron chi connectivity index (χ1n) is 6.63. The molecule has 22 heavy (non-hydrogen) atoms. The van der Waals surface area contributed by atoms with E-state index in [4.69, 9.17) is 0 Å². The standard InChI is InChI=1S/C17H12F3NO/c1-10-9-21-16-12(6-4-7-13(16)17(18,19)20)15(10)11-5-2-3-8-14(11)22/h2-9,22H,1H3. The summed E-state index contributed by atoms with van der Waals surface area (Å²) in [5.41, 5.74) is 0.870. The summed E-state index contributed by atoms with van der Waals surface area (Å²) < 4.78 is 39.4. The number of halogens is 3. The SMILES string of the molecule is Cc1cnc2c(C(F)(F)F)cccc2c1-c1ccccc1O. The summed E-state index contributed by atoms with van der Waals surface area (Å²) in [5, 5.41) is 10.4. The summed E-state index contributed by atoms with van der Waals surface area (Å²) in [6, 6.07) is 10.5. The fourth-order valence-corrected chi connectivity index (χ4v) is 2.59. The number of hydrogen-bond donors (Lipinski definition) is 1. The molecule has 0 saturated heterocycles. The van der Waals surface area contributed by atoms with Crippen LogP contribution in [0.3, 0.4) is 0 Å². The number of para-hydroxylation sites is 2. The van der Waals surface area contributed by atoms with Crippen LogP contribution in [0, 0.1) is 6.92 Å². The number of hydrogen-bond acceptors (Lipinski definition) is 2. The molecule has 0 aliphatic heterocycles. The number of aromatic hydroxyl groups is 1. The molecule has 1 heterocycles. The highest BCUT2D eigenvalue weighted by Gasteiger charge is 2.33. The van der Waals surface area contributed by atoms with Crippen molar-refractivity contribution in [2.75, 3.05) is 0 Å². The van der Waals surface area contributed by atoms with E-state index in [2.05, 4.69) is 4.98 Å². The minimum atomic E-state index is -4.47. The fraction of sp³-hybridized carbons (Fsp3) is 0.118. The average Bonchev–Trinajstić information content (AvgIpc) is 2.47. The Hall–Kier alpha value is -2.56. The minimum Gasteiger partial charge on any atom is -0.507 e. The van der Waals surface area contributed by atoms with E-state index in [0.717, 1.165) is 6.07 Å². The Bertz CT molecular complexity index is 856. The van der Waals surface area contributed by atoms with Crippen molar-refractivity contribution >= 4 is 10.9 Å². The van der Waals surface area contributed by atoms with Crippen molar-refractivity contribution in [1.82, 2.24) is 4.98 Å². The van der Waals surface area contributed by atoms with E-state index >= 15 is 0 Å². The highest BCUT2D eigenvalue weighted by molar-refractivity contribution is 5.98. The summed E-state index contributed by atoms with van der Waals surface area (Å²) in [5.74, 6) is 0.0236. The molecule has 0 spiro atoms. The number of phenols is 1. The largest absolute Gasteiger partial charge is 0.507 e. The van der Waals surface area contributed by atoms with Crippen LogP contribution >= 0.6 is 0 Å². The van der Waals surface area contributed by atoms with Crippen LogP contribution in [0.5, 0.6) is 5.75 Å². The smallest absolute Gasteiger partial charge is 0.418 e. The van der Waals surface area contributed by atoms with Crippen molar-refractivity contribution in [2.24, 2.45) is 0 Å². The van der Waals surface area contributed by atoms with Crippen LogP contribution in [0.4, 0.5) is 13.2 Å². The Morgan fingerprint density at radius 2 is 1.73 bits per heavy atom. The van der Waals surface area contributed by atoms with Crippen LogP contribution in [0.2, 0.25) is 0 Å². The Morgan fingerprint density at radius 3 is 2.41 bits per heavy atom. The predicted molar refractivity (Wildman–Crippen MR) is 78.6 cm³/mol. The highest BCUT2D eigenvalue weighted by atomic mass is 19.4. The molecule has 0 atom stereocenters. The minimum absolute atomic E-state index is 0.0236. The topological polar surface area (TPSA) is 33.1 Å². The third kappa shape index (κ3) is 2.28. The van der Waals surface area contributed by atoms with Gasteiger partial charge < -0.3 is 5.11 Å². The number of aromatic nitrogens is 1. The van der Waals surface area contributed by atoms with Crippen molar-refractivity contribution in [3.8, 4) is 16.9 Å². The average molecular weight is 303 g/mol. The van der Waals surface area contributed by atoms with E-state index in [-0.39, 0.29) is 11.3 Å². The molecular formula is C17H12F3NO. The predicted octanol–water partition coefficient (Wildman–Crippen LogP) is 4.93. The molecule has 0 saturated carbocycles. The number of rotatable bonds is 1. The monoisotopic (exact) mass is 303 g/mol. The Kier molecular flexibility index (Phi) is 3.28. The van der Waals surface area contributed by atoms with Gasteiger partial charge in [0.2, 0.25) is 0 Å². The van der Waals surface area contributed by atoms with E-state index in [0.29, 0.717) is 22.1 Å². The number of pyridine rings is 1. The number of aryl methyl sites for hydroxylation is 1. The molecule has 2 aromatic carbocycles. The van der Waals surface area contributed by atoms with E-state index in [1.165, 1.54) is 18.3 Å². The second kappa shape index (κ2) is 5.02. The van der Waals surface area contributed by atoms with Gasteiger partial charge in [-0.1, -0.05) is 30.3 Å². The quantitative estimate of drug-likeness (QED) is 0.691. The zero-order valence-electron chi connectivity index (χ0n) is 11.6.